The van der Waals surface area contributed by atoms with E-state index in [1.165, 1.54) is 28.1 Å². The lowest BCUT2D eigenvalue weighted by molar-refractivity contribution is 0.100. The normalized spacial score (nSPS) is 11.7. The van der Waals surface area contributed by atoms with E-state index in [4.69, 9.17) is 27.6 Å². The number of rotatable bonds is 4. The van der Waals surface area contributed by atoms with Crippen LogP contribution < -0.4 is 15.9 Å². The van der Waals surface area contributed by atoms with Gasteiger partial charge in [0.1, 0.15) is 11.3 Å². The molecule has 0 aliphatic heterocycles. The lowest BCUT2D eigenvalue weighted by Crippen LogP contribution is -2.31. The molecule has 5 aromatic rings. The van der Waals surface area contributed by atoms with Crippen LogP contribution in [0.1, 0.15) is 10.4 Å². The van der Waals surface area contributed by atoms with E-state index in [0.29, 0.717) is 31.8 Å². The van der Waals surface area contributed by atoms with Crippen LogP contribution in [0, 0.1) is 0 Å². The number of phenolic OH excluding ortho intramolecular Hbond substituents is 1. The predicted octanol–water partition coefficient (Wildman–Crippen LogP) is 5.95. The fraction of sp³-hybridized carbons (Fsp3) is 0. The minimum absolute atomic E-state index is 0.0585. The Morgan fingerprint density at radius 1 is 1.00 bits per heavy atom. The Labute approximate surface area is 212 Å². The lowest BCUT2D eigenvalue weighted by Gasteiger charge is -2.11. The number of phenols is 1. The van der Waals surface area contributed by atoms with Gasteiger partial charge >= 0.3 is 5.63 Å². The summed E-state index contributed by atoms with van der Waals surface area (Å²) in [7, 11) is 0. The molecule has 5 rings (SSSR count). The van der Waals surface area contributed by atoms with Crippen molar-refractivity contribution in [3.63, 3.8) is 0 Å². The average molecular weight is 524 g/mol. The molecule has 35 heavy (non-hydrogen) atoms. The number of aromatic nitrogens is 1. The number of carbonyl (C=O) groups excluding carboxylic acids is 1. The molecular weight excluding hydrogens is 509 g/mol. The molecule has 7 nitrogen and oxygen atoms in total. The van der Waals surface area contributed by atoms with E-state index in [0.717, 1.165) is 5.39 Å². The maximum atomic E-state index is 13.0. The number of benzene rings is 3. The van der Waals surface area contributed by atoms with E-state index in [2.05, 4.69) is 10.4 Å². The molecule has 0 aliphatic carbocycles. The molecule has 0 atom stereocenters. The monoisotopic (exact) mass is 523 g/mol. The molecule has 0 fully saturated rings. The summed E-state index contributed by atoms with van der Waals surface area (Å²) >= 11 is 13.3. The first-order valence-corrected chi connectivity index (χ1v) is 11.9. The summed E-state index contributed by atoms with van der Waals surface area (Å²) in [6.45, 7) is 0. The van der Waals surface area contributed by atoms with Crippen molar-refractivity contribution in [3.05, 3.63) is 109 Å². The Morgan fingerprint density at radius 2 is 1.77 bits per heavy atom. The smallest absolute Gasteiger partial charge is 0.345 e. The summed E-state index contributed by atoms with van der Waals surface area (Å²) in [6, 6.07) is 19.8. The maximum Gasteiger partial charge on any atom is 0.345 e. The summed E-state index contributed by atoms with van der Waals surface area (Å²) in [6.07, 6.45) is 0. The molecule has 2 heterocycles. The molecule has 0 aliphatic rings. The first-order chi connectivity index (χ1) is 16.9. The van der Waals surface area contributed by atoms with Crippen molar-refractivity contribution in [2.24, 2.45) is 4.99 Å². The number of aromatic hydroxyl groups is 1. The third-order valence-electron chi connectivity index (χ3n) is 5.12. The average Bonchev–Trinajstić information content (AvgIpc) is 3.22. The van der Waals surface area contributed by atoms with Crippen LogP contribution in [0.5, 0.6) is 5.75 Å². The molecule has 0 spiro atoms. The minimum Gasteiger partial charge on any atom is -0.507 e. The van der Waals surface area contributed by atoms with Crippen molar-refractivity contribution in [2.75, 3.05) is 5.43 Å². The van der Waals surface area contributed by atoms with Gasteiger partial charge < -0.3 is 9.52 Å². The van der Waals surface area contributed by atoms with Crippen LogP contribution in [-0.4, -0.2) is 15.7 Å². The van der Waals surface area contributed by atoms with Gasteiger partial charge in [0.2, 0.25) is 4.80 Å². The SMILES string of the molecule is O=C(Nn1c(-c2cc3ccccc3oc2=O)csc1=Nc1ccc(Cl)c(Cl)c1)c1ccccc1O. The second-order valence-corrected chi connectivity index (χ2v) is 9.04. The van der Waals surface area contributed by atoms with Crippen molar-refractivity contribution < 1.29 is 14.3 Å². The van der Waals surface area contributed by atoms with E-state index >= 15 is 0 Å². The number of thiazole rings is 1. The Hall–Kier alpha value is -3.85. The van der Waals surface area contributed by atoms with Gasteiger partial charge in [0.05, 0.1) is 32.6 Å². The largest absolute Gasteiger partial charge is 0.507 e. The molecule has 2 N–H and O–H groups in total. The Bertz CT molecular complexity index is 1720. The van der Waals surface area contributed by atoms with Crippen molar-refractivity contribution in [1.29, 1.82) is 0 Å². The van der Waals surface area contributed by atoms with Gasteiger partial charge in [-0.1, -0.05) is 53.5 Å². The number of hydrogen-bond acceptors (Lipinski definition) is 6. The number of halogens is 2. The molecule has 0 unspecified atom stereocenters. The van der Waals surface area contributed by atoms with Crippen LogP contribution in [0.25, 0.3) is 22.2 Å². The van der Waals surface area contributed by atoms with Gasteiger partial charge in [-0.3, -0.25) is 10.2 Å². The highest BCUT2D eigenvalue weighted by Crippen LogP contribution is 2.27. The van der Waals surface area contributed by atoms with Crippen molar-refractivity contribution in [2.45, 2.75) is 0 Å². The highest BCUT2D eigenvalue weighted by molar-refractivity contribution is 7.07. The first kappa shape index (κ1) is 22.9. The number of nitrogens with zero attached hydrogens (tertiary/aromatic N) is 2. The Kier molecular flexibility index (Phi) is 6.17. The second kappa shape index (κ2) is 9.42. The number of hydrogen-bond donors (Lipinski definition) is 2. The molecule has 0 bridgehead atoms. The molecule has 0 saturated heterocycles. The third-order valence-corrected chi connectivity index (χ3v) is 6.68. The molecule has 3 aromatic carbocycles. The zero-order valence-electron chi connectivity index (χ0n) is 17.7. The van der Waals surface area contributed by atoms with E-state index in [9.17, 15) is 14.7 Å². The van der Waals surface area contributed by atoms with Crippen LogP contribution in [0.2, 0.25) is 10.0 Å². The molecule has 0 radical (unpaired) electrons. The van der Waals surface area contributed by atoms with Crippen molar-refractivity contribution >= 4 is 57.1 Å². The number of fused-ring (bicyclic) bond motifs is 1. The van der Waals surface area contributed by atoms with Crippen molar-refractivity contribution in [3.8, 4) is 17.0 Å². The zero-order chi connectivity index (χ0) is 24.5. The Morgan fingerprint density at radius 3 is 2.57 bits per heavy atom. The van der Waals surface area contributed by atoms with E-state index in [1.54, 1.807) is 53.9 Å². The predicted molar refractivity (Wildman–Crippen MR) is 137 cm³/mol. The molecule has 1 amide bonds. The topological polar surface area (TPSA) is 96.8 Å². The van der Waals surface area contributed by atoms with Gasteiger partial charge in [-0.05, 0) is 42.5 Å². The van der Waals surface area contributed by atoms with Gasteiger partial charge in [0.25, 0.3) is 5.91 Å². The van der Waals surface area contributed by atoms with Crippen LogP contribution >= 0.6 is 34.5 Å². The van der Waals surface area contributed by atoms with Crippen LogP contribution in [0.4, 0.5) is 5.69 Å². The second-order valence-electron chi connectivity index (χ2n) is 7.39. The fourth-order valence-corrected chi connectivity index (χ4v) is 4.57. The zero-order valence-corrected chi connectivity index (χ0v) is 20.1. The highest BCUT2D eigenvalue weighted by atomic mass is 35.5. The fourth-order valence-electron chi connectivity index (χ4n) is 3.42. The maximum absolute atomic E-state index is 13.0. The molecule has 10 heteroatoms. The van der Waals surface area contributed by atoms with Crippen LogP contribution in [0.3, 0.4) is 0 Å². The first-order valence-electron chi connectivity index (χ1n) is 10.2. The standard InChI is InChI=1S/C25H15Cl2N3O4S/c26-18-10-9-15(12-19(18)27)28-25-30(29-23(32)16-6-2-3-7-21(16)31)20(13-35-25)17-11-14-5-1-4-8-22(14)34-24(17)33/h1-13,31H,(H,29,32). The number of nitrogens with one attached hydrogen (secondary N) is 1. The minimum atomic E-state index is -0.594. The summed E-state index contributed by atoms with van der Waals surface area (Å²) in [5.41, 5.74) is 3.74. The lowest BCUT2D eigenvalue weighted by atomic mass is 10.1. The van der Waals surface area contributed by atoms with Gasteiger partial charge in [-0.2, -0.15) is 0 Å². The number of carbonyl (C=O) groups is 1. The van der Waals surface area contributed by atoms with E-state index in [1.807, 2.05) is 12.1 Å². The highest BCUT2D eigenvalue weighted by Gasteiger charge is 2.18. The number of para-hydroxylation sites is 2. The molecule has 174 valence electrons. The van der Waals surface area contributed by atoms with Crippen LogP contribution in [0.15, 0.2) is 92.4 Å². The number of amides is 1. The van der Waals surface area contributed by atoms with Crippen molar-refractivity contribution in [1.82, 2.24) is 4.68 Å². The summed E-state index contributed by atoms with van der Waals surface area (Å²) < 4.78 is 6.87. The van der Waals surface area contributed by atoms with E-state index < -0.39 is 11.5 Å². The summed E-state index contributed by atoms with van der Waals surface area (Å²) in [5, 5.41) is 13.2. The molecule has 0 saturated carbocycles. The van der Waals surface area contributed by atoms with E-state index in [-0.39, 0.29) is 16.9 Å². The Balaban J connectivity index is 1.69. The third kappa shape index (κ3) is 4.59. The molecule has 2 aromatic heterocycles. The van der Waals surface area contributed by atoms with Gasteiger partial charge in [0.15, 0.2) is 0 Å². The summed E-state index contributed by atoms with van der Waals surface area (Å²) in [4.78, 5) is 30.8. The van der Waals surface area contributed by atoms with Gasteiger partial charge in [0, 0.05) is 10.8 Å². The van der Waals surface area contributed by atoms with Gasteiger partial charge in [-0.15, -0.1) is 11.3 Å². The van der Waals surface area contributed by atoms with Crippen LogP contribution in [-0.2, 0) is 0 Å². The summed E-state index contributed by atoms with van der Waals surface area (Å²) in [5.74, 6) is -0.779. The molecular formula is C25H15Cl2N3O4S. The quantitative estimate of drug-likeness (QED) is 0.284. The van der Waals surface area contributed by atoms with Gasteiger partial charge in [-0.25, -0.2) is 14.5 Å².